The molecule has 2 saturated carbocycles. The van der Waals surface area contributed by atoms with Crippen molar-refractivity contribution in [2.45, 2.75) is 69.4 Å². The lowest BCUT2D eigenvalue weighted by molar-refractivity contribution is -0.154. The summed E-state index contributed by atoms with van der Waals surface area (Å²) in [4.78, 5) is 43.8. The summed E-state index contributed by atoms with van der Waals surface area (Å²) in [5.74, 6) is -2.85. The Bertz CT molecular complexity index is 1760. The van der Waals surface area contributed by atoms with Gasteiger partial charge >= 0.3 is 12.1 Å². The molecule has 2 aromatic carbocycles. The molecule has 3 aromatic rings. The van der Waals surface area contributed by atoms with Crippen LogP contribution in [0, 0.1) is 11.8 Å². The fourth-order valence-electron chi connectivity index (χ4n) is 7.91. The molecule has 2 aliphatic carbocycles. The van der Waals surface area contributed by atoms with Crippen LogP contribution in [-0.2, 0) is 47.9 Å². The lowest BCUT2D eigenvalue weighted by atomic mass is 9.77. The maximum Gasteiger partial charge on any atom is 0.435 e. The number of carboxylic acids is 1. The van der Waals surface area contributed by atoms with Crippen LogP contribution < -0.4 is 4.74 Å². The molecule has 2 aliphatic heterocycles. The molecule has 10 nitrogen and oxygen atoms in total. The third-order valence-electron chi connectivity index (χ3n) is 10.0. The zero-order valence-corrected chi connectivity index (χ0v) is 25.6. The Morgan fingerprint density at radius 1 is 1.13 bits per heavy atom. The molecule has 14 heteroatoms. The Morgan fingerprint density at radius 2 is 1.87 bits per heavy atom. The van der Waals surface area contributed by atoms with Crippen LogP contribution in [0.25, 0.3) is 0 Å². The van der Waals surface area contributed by atoms with Crippen molar-refractivity contribution in [3.8, 4) is 5.75 Å². The van der Waals surface area contributed by atoms with E-state index in [2.05, 4.69) is 10.3 Å². The standard InChI is InChI=1S/C32H31ClF3N5O5/c1-39-27(32(34,35)36)23(37-38-39)16-46-24-11-10-22(33)21-12-13-41(29(43)19-8-4-5-9-20(19)30(44)45)31(26(21)24)14-25(31)40-15-17-6-2-3-7-18(17)28(40)42/h2-3,6-7,10-11,19-20,25H,4-5,8-9,12-16H2,1H3,(H,44,45)/t19-,20+,25?,31?/m1/s1. The third-order valence-corrected chi connectivity index (χ3v) is 10.4. The zero-order valence-electron chi connectivity index (χ0n) is 24.9. The van der Waals surface area contributed by atoms with Gasteiger partial charge in [0.15, 0.2) is 5.69 Å². The van der Waals surface area contributed by atoms with Gasteiger partial charge in [-0.1, -0.05) is 47.9 Å². The summed E-state index contributed by atoms with van der Waals surface area (Å²) in [6.45, 7) is 0.0141. The zero-order chi connectivity index (χ0) is 32.5. The van der Waals surface area contributed by atoms with Crippen molar-refractivity contribution in [1.29, 1.82) is 0 Å². The van der Waals surface area contributed by atoms with E-state index < -0.39 is 53.6 Å². The molecule has 1 spiro atoms. The summed E-state index contributed by atoms with van der Waals surface area (Å²) >= 11 is 6.73. The Labute approximate surface area is 267 Å². The minimum Gasteiger partial charge on any atom is -0.487 e. The first-order valence-corrected chi connectivity index (χ1v) is 15.6. The van der Waals surface area contributed by atoms with Crippen molar-refractivity contribution in [1.82, 2.24) is 24.8 Å². The van der Waals surface area contributed by atoms with Gasteiger partial charge in [-0.25, -0.2) is 4.68 Å². The predicted octanol–water partition coefficient (Wildman–Crippen LogP) is 4.97. The number of carbonyl (C=O) groups is 3. The monoisotopic (exact) mass is 657 g/mol. The number of benzene rings is 2. The number of nitrogens with zero attached hydrogens (tertiary/aromatic N) is 5. The molecule has 4 atom stereocenters. The van der Waals surface area contributed by atoms with Crippen molar-refractivity contribution in [2.24, 2.45) is 18.9 Å². The average molecular weight is 658 g/mol. The molecule has 0 bridgehead atoms. The fraction of sp³-hybridized carbons (Fsp3) is 0.469. The second kappa shape index (κ2) is 11.0. The Hall–Kier alpha value is -4.13. The molecule has 0 radical (unpaired) electrons. The van der Waals surface area contributed by atoms with Crippen molar-refractivity contribution < 1.29 is 37.4 Å². The number of carbonyl (C=O) groups excluding carboxylic acids is 2. The van der Waals surface area contributed by atoms with E-state index in [1.165, 1.54) is 0 Å². The van der Waals surface area contributed by atoms with E-state index in [0.717, 1.165) is 19.0 Å². The van der Waals surface area contributed by atoms with Gasteiger partial charge in [-0.3, -0.25) is 14.4 Å². The maximum atomic E-state index is 14.5. The first-order chi connectivity index (χ1) is 21.9. The normalized spacial score (nSPS) is 25.4. The second-order valence-corrected chi connectivity index (χ2v) is 12.9. The van der Waals surface area contributed by atoms with Crippen molar-refractivity contribution in [3.63, 3.8) is 0 Å². The van der Waals surface area contributed by atoms with E-state index in [0.29, 0.717) is 65.0 Å². The molecule has 2 amide bonds. The first-order valence-electron chi connectivity index (χ1n) is 15.3. The Kier molecular flexibility index (Phi) is 7.29. The van der Waals surface area contributed by atoms with Crippen LogP contribution in [0.3, 0.4) is 0 Å². The summed E-state index contributed by atoms with van der Waals surface area (Å²) in [6.07, 6.45) is -1.79. The molecule has 4 aliphatic rings. The lowest BCUT2D eigenvalue weighted by Gasteiger charge is -2.43. The number of aliphatic carboxylic acids is 1. The number of halogens is 4. The summed E-state index contributed by atoms with van der Waals surface area (Å²) in [5.41, 5.74) is 0.0902. The number of rotatable bonds is 6. The molecule has 46 heavy (non-hydrogen) atoms. The van der Waals surface area contributed by atoms with Gasteiger partial charge in [0.05, 0.1) is 23.4 Å². The average Bonchev–Trinajstić information content (AvgIpc) is 3.45. The van der Waals surface area contributed by atoms with E-state index >= 15 is 0 Å². The lowest BCUT2D eigenvalue weighted by Crippen LogP contribution is -2.53. The van der Waals surface area contributed by atoms with Gasteiger partial charge in [0, 0.05) is 42.7 Å². The quantitative estimate of drug-likeness (QED) is 0.398. The summed E-state index contributed by atoms with van der Waals surface area (Å²) in [6, 6.07) is 9.96. The fourth-order valence-corrected chi connectivity index (χ4v) is 8.16. The number of aryl methyl sites for hydroxylation is 1. The highest BCUT2D eigenvalue weighted by atomic mass is 35.5. The van der Waals surface area contributed by atoms with E-state index in [1.54, 1.807) is 34.1 Å². The summed E-state index contributed by atoms with van der Waals surface area (Å²) in [5, 5.41) is 17.6. The number of hydrogen-bond donors (Lipinski definition) is 1. The second-order valence-electron chi connectivity index (χ2n) is 12.5. The minimum atomic E-state index is -4.71. The third kappa shape index (κ3) is 4.73. The van der Waals surface area contributed by atoms with Crippen molar-refractivity contribution in [3.05, 3.63) is 75.1 Å². The molecule has 2 fully saturated rings. The number of ether oxygens (including phenoxy) is 1. The van der Waals surface area contributed by atoms with Gasteiger partial charge in [0.25, 0.3) is 5.91 Å². The summed E-state index contributed by atoms with van der Waals surface area (Å²) < 4.78 is 48.2. The highest BCUT2D eigenvalue weighted by Gasteiger charge is 2.68. The SMILES string of the molecule is Cn1nnc(COc2ccc(Cl)c3c2C2(CC2N2Cc4ccccc4C2=O)N(C(=O)[C@@H]2CCCC[C@@H]2C(=O)O)CC3)c1C(F)(F)F. The van der Waals surface area contributed by atoms with E-state index in [9.17, 15) is 32.7 Å². The van der Waals surface area contributed by atoms with Crippen LogP contribution in [0.5, 0.6) is 5.75 Å². The van der Waals surface area contributed by atoms with Crippen LogP contribution in [-0.4, -0.2) is 60.3 Å². The molecule has 2 unspecified atom stereocenters. The number of carboxylic acid groups (broad SMARTS) is 1. The van der Waals surface area contributed by atoms with Gasteiger partial charge < -0.3 is 19.6 Å². The Morgan fingerprint density at radius 3 is 2.59 bits per heavy atom. The van der Waals surface area contributed by atoms with Crippen molar-refractivity contribution in [2.75, 3.05) is 6.54 Å². The molecule has 3 heterocycles. The van der Waals surface area contributed by atoms with Gasteiger partial charge in [0.2, 0.25) is 5.91 Å². The smallest absolute Gasteiger partial charge is 0.435 e. The highest BCUT2D eigenvalue weighted by molar-refractivity contribution is 6.31. The predicted molar refractivity (Wildman–Crippen MR) is 157 cm³/mol. The first kappa shape index (κ1) is 30.5. The molecule has 7 rings (SSSR count). The van der Waals surface area contributed by atoms with E-state index in [1.807, 2.05) is 12.1 Å². The Balaban J connectivity index is 1.31. The number of fused-ring (bicyclic) bond motifs is 3. The van der Waals surface area contributed by atoms with Crippen molar-refractivity contribution >= 4 is 29.4 Å². The largest absolute Gasteiger partial charge is 0.487 e. The number of hydrogen-bond acceptors (Lipinski definition) is 6. The molecule has 1 aromatic heterocycles. The number of amides is 2. The number of aromatic nitrogens is 3. The molecule has 242 valence electrons. The number of alkyl halides is 3. The van der Waals surface area contributed by atoms with Crippen LogP contribution in [0.15, 0.2) is 36.4 Å². The topological polar surface area (TPSA) is 118 Å². The van der Waals surface area contributed by atoms with E-state index in [-0.39, 0.29) is 24.1 Å². The van der Waals surface area contributed by atoms with Crippen LogP contribution >= 0.6 is 11.6 Å². The van der Waals surface area contributed by atoms with Gasteiger partial charge in [-0.15, -0.1) is 5.10 Å². The van der Waals surface area contributed by atoms with Crippen LogP contribution in [0.2, 0.25) is 5.02 Å². The van der Waals surface area contributed by atoms with E-state index in [4.69, 9.17) is 16.3 Å². The van der Waals surface area contributed by atoms with Crippen LogP contribution in [0.4, 0.5) is 13.2 Å². The molecule has 1 N–H and O–H groups in total. The molecular formula is C32H31ClF3N5O5. The van der Waals surface area contributed by atoms with Gasteiger partial charge in [0.1, 0.15) is 18.1 Å². The maximum absolute atomic E-state index is 14.5. The summed E-state index contributed by atoms with van der Waals surface area (Å²) in [7, 11) is 1.15. The van der Waals surface area contributed by atoms with Gasteiger partial charge in [-0.05, 0) is 48.6 Å². The minimum absolute atomic E-state index is 0.183. The van der Waals surface area contributed by atoms with Crippen LogP contribution in [0.1, 0.15) is 70.5 Å². The molecule has 0 saturated heterocycles. The van der Waals surface area contributed by atoms with Gasteiger partial charge in [-0.2, -0.15) is 13.2 Å². The highest BCUT2D eigenvalue weighted by Crippen LogP contribution is 2.61. The molecular weight excluding hydrogens is 627 g/mol.